The molecule has 0 bridgehead atoms. The van der Waals surface area contributed by atoms with Crippen LogP contribution in [0.15, 0.2) is 24.4 Å². The summed E-state index contributed by atoms with van der Waals surface area (Å²) in [5.41, 5.74) is 1.03. The summed E-state index contributed by atoms with van der Waals surface area (Å²) < 4.78 is 0. The van der Waals surface area contributed by atoms with Crippen molar-refractivity contribution in [2.75, 3.05) is 14.1 Å². The van der Waals surface area contributed by atoms with Crippen LogP contribution in [-0.2, 0) is 0 Å². The minimum absolute atomic E-state index is 0.454. The second-order valence-corrected chi connectivity index (χ2v) is 4.03. The van der Waals surface area contributed by atoms with Crippen molar-refractivity contribution in [3.05, 3.63) is 40.0 Å². The van der Waals surface area contributed by atoms with Crippen molar-refractivity contribution in [1.29, 1.82) is 5.26 Å². The van der Waals surface area contributed by atoms with Gasteiger partial charge in [-0.05, 0) is 12.1 Å². The summed E-state index contributed by atoms with van der Waals surface area (Å²) in [6.45, 7) is 0. The number of halogens is 2. The Morgan fingerprint density at radius 2 is 1.87 bits per heavy atom. The van der Waals surface area contributed by atoms with Crippen molar-refractivity contribution in [2.24, 2.45) is 0 Å². The van der Waals surface area contributed by atoms with Crippen LogP contribution in [0.1, 0.15) is 5.56 Å². The van der Waals surface area contributed by atoms with Gasteiger partial charge in [-0.15, -0.1) is 0 Å². The van der Waals surface area contributed by atoms with E-state index in [1.165, 1.54) is 0 Å². The van der Waals surface area contributed by atoms with E-state index in [1.807, 2.05) is 14.1 Å². The molecule has 0 aromatic heterocycles. The number of nitrogens with zero attached hydrogens (tertiary/aromatic N) is 2. The molecular formula is C11H10Cl2N2. The van der Waals surface area contributed by atoms with Gasteiger partial charge in [0.25, 0.3) is 0 Å². The Labute approximate surface area is 99.3 Å². The van der Waals surface area contributed by atoms with Crippen molar-refractivity contribution in [2.45, 2.75) is 0 Å². The van der Waals surface area contributed by atoms with Gasteiger partial charge >= 0.3 is 0 Å². The highest BCUT2D eigenvalue weighted by Gasteiger charge is 2.10. The predicted molar refractivity (Wildman–Crippen MR) is 63.7 cm³/mol. The molecule has 0 aliphatic rings. The van der Waals surface area contributed by atoms with Crippen LogP contribution in [0.4, 0.5) is 0 Å². The molecule has 4 heteroatoms. The molecule has 0 saturated heterocycles. The van der Waals surface area contributed by atoms with Crippen LogP contribution in [0.5, 0.6) is 0 Å². The van der Waals surface area contributed by atoms with Crippen LogP contribution in [-0.4, -0.2) is 19.0 Å². The van der Waals surface area contributed by atoms with E-state index >= 15 is 0 Å². The number of hydrogen-bond donors (Lipinski definition) is 0. The van der Waals surface area contributed by atoms with Crippen LogP contribution < -0.4 is 0 Å². The smallest absolute Gasteiger partial charge is 0.101 e. The SMILES string of the molecule is CN(C)C=C(C#N)c1c(Cl)cccc1Cl. The third-order valence-corrected chi connectivity index (χ3v) is 2.37. The molecule has 0 N–H and O–H groups in total. The van der Waals surface area contributed by atoms with E-state index in [0.717, 1.165) is 0 Å². The van der Waals surface area contributed by atoms with Crippen molar-refractivity contribution < 1.29 is 0 Å². The monoisotopic (exact) mass is 240 g/mol. The third kappa shape index (κ3) is 2.89. The van der Waals surface area contributed by atoms with Crippen molar-refractivity contribution in [3.8, 4) is 6.07 Å². The number of rotatable bonds is 2. The maximum absolute atomic E-state index is 9.01. The fourth-order valence-electron chi connectivity index (χ4n) is 1.16. The van der Waals surface area contributed by atoms with Gasteiger partial charge in [0, 0.05) is 25.9 Å². The molecule has 1 rings (SSSR count). The molecule has 0 aliphatic heterocycles. The summed E-state index contributed by atoms with van der Waals surface area (Å²) in [5, 5.41) is 9.98. The Morgan fingerprint density at radius 3 is 2.27 bits per heavy atom. The lowest BCUT2D eigenvalue weighted by Crippen LogP contribution is -2.02. The van der Waals surface area contributed by atoms with Crippen LogP contribution in [0.3, 0.4) is 0 Å². The zero-order valence-electron chi connectivity index (χ0n) is 8.46. The molecular weight excluding hydrogens is 231 g/mol. The molecule has 0 saturated carbocycles. The van der Waals surface area contributed by atoms with E-state index in [9.17, 15) is 0 Å². The van der Waals surface area contributed by atoms with E-state index in [1.54, 1.807) is 29.3 Å². The normalized spacial score (nSPS) is 11.0. The highest BCUT2D eigenvalue weighted by molar-refractivity contribution is 6.37. The Bertz CT molecular complexity index is 410. The molecule has 0 unspecified atom stereocenters. The fourth-order valence-corrected chi connectivity index (χ4v) is 1.76. The molecule has 1 aromatic carbocycles. The molecule has 1 aromatic rings. The highest BCUT2D eigenvalue weighted by Crippen LogP contribution is 2.30. The van der Waals surface area contributed by atoms with Crippen LogP contribution >= 0.6 is 23.2 Å². The summed E-state index contributed by atoms with van der Waals surface area (Å²) in [4.78, 5) is 1.78. The van der Waals surface area contributed by atoms with Crippen LogP contribution in [0.25, 0.3) is 5.57 Å². The average Bonchev–Trinajstić information content (AvgIpc) is 2.15. The number of allylic oxidation sites excluding steroid dienone is 1. The Kier molecular flexibility index (Phi) is 4.02. The van der Waals surface area contributed by atoms with E-state index < -0.39 is 0 Å². The molecule has 0 radical (unpaired) electrons. The Balaban J connectivity index is 3.32. The fraction of sp³-hybridized carbons (Fsp3) is 0.182. The molecule has 0 spiro atoms. The van der Waals surface area contributed by atoms with Gasteiger partial charge in [-0.3, -0.25) is 0 Å². The number of nitriles is 1. The molecule has 0 aliphatic carbocycles. The first kappa shape index (κ1) is 11.9. The molecule has 15 heavy (non-hydrogen) atoms. The lowest BCUT2D eigenvalue weighted by Gasteiger charge is -2.09. The van der Waals surface area contributed by atoms with E-state index in [0.29, 0.717) is 21.2 Å². The maximum atomic E-state index is 9.01. The lowest BCUT2D eigenvalue weighted by molar-refractivity contribution is 0.566. The highest BCUT2D eigenvalue weighted by atomic mass is 35.5. The zero-order valence-corrected chi connectivity index (χ0v) is 9.97. The molecule has 2 nitrogen and oxygen atoms in total. The van der Waals surface area contributed by atoms with E-state index in [2.05, 4.69) is 6.07 Å². The summed E-state index contributed by atoms with van der Waals surface area (Å²) in [5.74, 6) is 0. The van der Waals surface area contributed by atoms with Gasteiger partial charge < -0.3 is 4.90 Å². The topological polar surface area (TPSA) is 27.0 Å². The molecule has 0 heterocycles. The minimum Gasteiger partial charge on any atom is -0.382 e. The summed E-state index contributed by atoms with van der Waals surface area (Å²) in [7, 11) is 3.67. The van der Waals surface area contributed by atoms with Gasteiger partial charge in [-0.25, -0.2) is 0 Å². The molecule has 0 fully saturated rings. The van der Waals surface area contributed by atoms with E-state index in [4.69, 9.17) is 28.5 Å². The van der Waals surface area contributed by atoms with Crippen molar-refractivity contribution >= 4 is 28.8 Å². The second-order valence-electron chi connectivity index (χ2n) is 3.21. The maximum Gasteiger partial charge on any atom is 0.101 e. The van der Waals surface area contributed by atoms with Gasteiger partial charge in [-0.1, -0.05) is 29.3 Å². The Hall–Kier alpha value is -1.17. The third-order valence-electron chi connectivity index (χ3n) is 1.74. The predicted octanol–water partition coefficient (Wildman–Crippen LogP) is 3.42. The average molecular weight is 241 g/mol. The van der Waals surface area contributed by atoms with Gasteiger partial charge in [-0.2, -0.15) is 5.26 Å². The number of hydrogen-bond acceptors (Lipinski definition) is 2. The zero-order chi connectivity index (χ0) is 11.4. The standard InChI is InChI=1S/C11H10Cl2N2/c1-15(2)7-8(6-14)11-9(12)4-3-5-10(11)13/h3-5,7H,1-2H3. The number of benzene rings is 1. The molecule has 78 valence electrons. The van der Waals surface area contributed by atoms with Gasteiger partial charge in [0.2, 0.25) is 0 Å². The second kappa shape index (κ2) is 5.06. The first-order valence-corrected chi connectivity index (χ1v) is 5.04. The lowest BCUT2D eigenvalue weighted by atomic mass is 10.1. The summed E-state index contributed by atoms with van der Waals surface area (Å²) in [6, 6.07) is 7.25. The van der Waals surface area contributed by atoms with Crippen LogP contribution in [0, 0.1) is 11.3 Å². The van der Waals surface area contributed by atoms with Crippen molar-refractivity contribution in [3.63, 3.8) is 0 Å². The molecule has 0 amide bonds. The first-order valence-electron chi connectivity index (χ1n) is 4.29. The van der Waals surface area contributed by atoms with Gasteiger partial charge in [0.05, 0.1) is 15.6 Å². The summed E-state index contributed by atoms with van der Waals surface area (Å²) in [6.07, 6.45) is 1.69. The van der Waals surface area contributed by atoms with Crippen molar-refractivity contribution in [1.82, 2.24) is 4.90 Å². The van der Waals surface area contributed by atoms with Gasteiger partial charge in [0.15, 0.2) is 0 Å². The van der Waals surface area contributed by atoms with E-state index in [-0.39, 0.29) is 0 Å². The van der Waals surface area contributed by atoms with Crippen LogP contribution in [0.2, 0.25) is 10.0 Å². The Morgan fingerprint density at radius 1 is 1.33 bits per heavy atom. The quantitative estimate of drug-likeness (QED) is 0.742. The minimum atomic E-state index is 0.454. The first-order chi connectivity index (χ1) is 7.06. The summed E-state index contributed by atoms with van der Waals surface area (Å²) >= 11 is 12.0. The van der Waals surface area contributed by atoms with Gasteiger partial charge in [0.1, 0.15) is 6.07 Å². The molecule has 0 atom stereocenters. The largest absolute Gasteiger partial charge is 0.382 e.